The van der Waals surface area contributed by atoms with E-state index in [1.165, 1.54) is 11.8 Å². The molecule has 0 aliphatic heterocycles. The Morgan fingerprint density at radius 3 is 2.43 bits per heavy atom. The van der Waals surface area contributed by atoms with Gasteiger partial charge in [0.15, 0.2) is 0 Å². The van der Waals surface area contributed by atoms with Crippen molar-refractivity contribution in [2.75, 3.05) is 5.88 Å². The third kappa shape index (κ3) is 7.04. The molecular weight excluding hydrogens is 288 g/mol. The average molecular weight is 310 g/mol. The zero-order valence-electron chi connectivity index (χ0n) is 12.3. The van der Waals surface area contributed by atoms with Crippen molar-refractivity contribution in [3.8, 4) is 5.75 Å². The van der Waals surface area contributed by atoms with Gasteiger partial charge in [0.05, 0.1) is 5.88 Å². The smallest absolute Gasteiger partial charge is 0.221 e. The summed E-state index contributed by atoms with van der Waals surface area (Å²) in [5.41, 5.74) is 5.32. The van der Waals surface area contributed by atoms with Gasteiger partial charge < -0.3 is 16.2 Å². The molecule has 0 aromatic heterocycles. The van der Waals surface area contributed by atoms with Crippen LogP contribution in [-0.2, 0) is 9.59 Å². The first kappa shape index (κ1) is 17.4. The molecule has 0 bridgehead atoms. The van der Waals surface area contributed by atoms with Gasteiger partial charge in [-0.05, 0) is 36.6 Å². The highest BCUT2D eigenvalue weighted by Gasteiger charge is 2.20. The molecule has 0 radical (unpaired) electrons. The molecule has 0 saturated carbocycles. The molecule has 0 spiro atoms. The van der Waals surface area contributed by atoms with Crippen LogP contribution >= 0.6 is 11.8 Å². The second-order valence-electron chi connectivity index (χ2n) is 5.32. The summed E-state index contributed by atoms with van der Waals surface area (Å²) >= 11 is 1.45. The van der Waals surface area contributed by atoms with E-state index in [0.717, 1.165) is 4.90 Å². The van der Waals surface area contributed by atoms with Gasteiger partial charge in [0.25, 0.3) is 0 Å². The lowest BCUT2D eigenvalue weighted by molar-refractivity contribution is -0.128. The number of hydrogen-bond donors (Lipinski definition) is 3. The molecule has 0 aliphatic carbocycles. The van der Waals surface area contributed by atoms with E-state index in [0.29, 0.717) is 18.2 Å². The lowest BCUT2D eigenvalue weighted by Gasteiger charge is -2.15. The summed E-state index contributed by atoms with van der Waals surface area (Å²) in [6.07, 6.45) is 0.748. The summed E-state index contributed by atoms with van der Waals surface area (Å²) in [7, 11) is 0. The molecule has 0 fully saturated rings. The fourth-order valence-corrected chi connectivity index (χ4v) is 2.64. The van der Waals surface area contributed by atoms with E-state index < -0.39 is 11.8 Å². The van der Waals surface area contributed by atoms with Crippen molar-refractivity contribution in [3.63, 3.8) is 0 Å². The zero-order valence-corrected chi connectivity index (χ0v) is 13.2. The number of primary amides is 1. The van der Waals surface area contributed by atoms with Crippen LogP contribution in [-0.4, -0.2) is 22.8 Å². The number of nitrogens with two attached hydrogens (primary N) is 1. The number of benzene rings is 1. The van der Waals surface area contributed by atoms with Crippen molar-refractivity contribution >= 4 is 23.6 Å². The van der Waals surface area contributed by atoms with E-state index in [2.05, 4.69) is 5.32 Å². The minimum absolute atomic E-state index is 0.129. The van der Waals surface area contributed by atoms with Gasteiger partial charge in [-0.15, -0.1) is 11.8 Å². The zero-order chi connectivity index (χ0) is 15.8. The first-order valence-electron chi connectivity index (χ1n) is 6.86. The van der Waals surface area contributed by atoms with E-state index in [4.69, 9.17) is 5.73 Å². The summed E-state index contributed by atoms with van der Waals surface area (Å²) in [6, 6.07) is 6.74. The van der Waals surface area contributed by atoms with Crippen LogP contribution in [0.4, 0.5) is 0 Å². The van der Waals surface area contributed by atoms with Crippen LogP contribution in [0.3, 0.4) is 0 Å². The van der Waals surface area contributed by atoms with Gasteiger partial charge in [-0.25, -0.2) is 0 Å². The lowest BCUT2D eigenvalue weighted by atomic mass is 9.93. The van der Waals surface area contributed by atoms with Crippen LogP contribution < -0.4 is 11.1 Å². The molecule has 0 heterocycles. The van der Waals surface area contributed by atoms with Crippen LogP contribution in [0, 0.1) is 11.8 Å². The van der Waals surface area contributed by atoms with E-state index >= 15 is 0 Å². The Morgan fingerprint density at radius 2 is 1.90 bits per heavy atom. The highest BCUT2D eigenvalue weighted by Crippen LogP contribution is 2.20. The molecule has 116 valence electrons. The Balaban J connectivity index is 2.35. The Bertz CT molecular complexity index is 474. The number of thioether (sulfide) groups is 1. The molecule has 6 heteroatoms. The number of phenols is 1. The fraction of sp³-hybridized carbons (Fsp3) is 0.467. The average Bonchev–Trinajstić information content (AvgIpc) is 2.39. The molecule has 21 heavy (non-hydrogen) atoms. The van der Waals surface area contributed by atoms with Crippen LogP contribution in [0.25, 0.3) is 0 Å². The maximum atomic E-state index is 11.8. The summed E-state index contributed by atoms with van der Waals surface area (Å²) in [5.74, 6) is -0.0704. The maximum Gasteiger partial charge on any atom is 0.221 e. The van der Waals surface area contributed by atoms with Crippen molar-refractivity contribution < 1.29 is 14.7 Å². The normalized spacial score (nSPS) is 12.1. The molecule has 0 saturated heterocycles. The molecule has 0 aliphatic rings. The number of amides is 2. The van der Waals surface area contributed by atoms with Crippen molar-refractivity contribution in [1.29, 1.82) is 0 Å². The highest BCUT2D eigenvalue weighted by molar-refractivity contribution is 7.99. The van der Waals surface area contributed by atoms with Gasteiger partial charge in [-0.3, -0.25) is 9.59 Å². The molecular formula is C15H22N2O3S. The number of carbonyl (C=O) groups excluding carboxylic acids is 2. The standard InChI is InChI=1S/C15H22N2O3S/c1-10(2)7-11(15(16)20)8-14(19)17-9-21-13-5-3-12(18)4-6-13/h3-6,10-11,18H,7-9H2,1-2H3,(H2,16,20)(H,17,19)/t11-/m1/s1. The van der Waals surface area contributed by atoms with Crippen LogP contribution in [0.2, 0.25) is 0 Å². The lowest BCUT2D eigenvalue weighted by Crippen LogP contribution is -2.32. The minimum atomic E-state index is -0.426. The predicted octanol–water partition coefficient (Wildman–Crippen LogP) is 2.10. The number of rotatable bonds is 8. The molecule has 4 N–H and O–H groups in total. The quantitative estimate of drug-likeness (QED) is 0.506. The second-order valence-corrected chi connectivity index (χ2v) is 6.36. The molecule has 5 nitrogen and oxygen atoms in total. The Kier molecular flexibility index (Phi) is 7.08. The predicted molar refractivity (Wildman–Crippen MR) is 83.7 cm³/mol. The van der Waals surface area contributed by atoms with Crippen LogP contribution in [0.15, 0.2) is 29.2 Å². The van der Waals surface area contributed by atoms with E-state index in [-0.39, 0.29) is 18.1 Å². The van der Waals surface area contributed by atoms with Gasteiger partial charge in [0, 0.05) is 17.2 Å². The van der Waals surface area contributed by atoms with Crippen molar-refractivity contribution in [1.82, 2.24) is 5.32 Å². The molecule has 1 aromatic carbocycles. The third-order valence-electron chi connectivity index (χ3n) is 2.93. The number of phenolic OH excluding ortho intramolecular Hbond substituents is 1. The molecule has 2 amide bonds. The van der Waals surface area contributed by atoms with Gasteiger partial charge in [0.2, 0.25) is 11.8 Å². The third-order valence-corrected chi connectivity index (χ3v) is 3.83. The summed E-state index contributed by atoms with van der Waals surface area (Å²) in [5, 5.41) is 11.9. The van der Waals surface area contributed by atoms with E-state index in [1.807, 2.05) is 13.8 Å². The SMILES string of the molecule is CC(C)C[C@H](CC(=O)NCSc1ccc(O)cc1)C(N)=O. The maximum absolute atomic E-state index is 11.8. The molecule has 0 unspecified atom stereocenters. The topological polar surface area (TPSA) is 92.4 Å². The second kappa shape index (κ2) is 8.56. The number of nitrogens with one attached hydrogen (secondary N) is 1. The minimum Gasteiger partial charge on any atom is -0.508 e. The summed E-state index contributed by atoms with van der Waals surface area (Å²) in [4.78, 5) is 24.1. The molecule has 1 atom stereocenters. The van der Waals surface area contributed by atoms with Crippen molar-refractivity contribution in [2.45, 2.75) is 31.6 Å². The Labute approximate surface area is 129 Å². The van der Waals surface area contributed by atoms with E-state index in [1.54, 1.807) is 24.3 Å². The molecule has 1 rings (SSSR count). The van der Waals surface area contributed by atoms with Crippen LogP contribution in [0.5, 0.6) is 5.75 Å². The largest absolute Gasteiger partial charge is 0.508 e. The van der Waals surface area contributed by atoms with Gasteiger partial charge in [0.1, 0.15) is 5.75 Å². The van der Waals surface area contributed by atoms with Crippen molar-refractivity contribution in [3.05, 3.63) is 24.3 Å². The van der Waals surface area contributed by atoms with Gasteiger partial charge in [-0.1, -0.05) is 13.8 Å². The summed E-state index contributed by atoms with van der Waals surface area (Å²) < 4.78 is 0. The fourth-order valence-electron chi connectivity index (χ4n) is 1.91. The van der Waals surface area contributed by atoms with Crippen molar-refractivity contribution in [2.24, 2.45) is 17.6 Å². The van der Waals surface area contributed by atoms with Gasteiger partial charge in [-0.2, -0.15) is 0 Å². The first-order chi connectivity index (χ1) is 9.88. The van der Waals surface area contributed by atoms with Crippen LogP contribution in [0.1, 0.15) is 26.7 Å². The van der Waals surface area contributed by atoms with E-state index in [9.17, 15) is 14.7 Å². The first-order valence-corrected chi connectivity index (χ1v) is 7.85. The highest BCUT2D eigenvalue weighted by atomic mass is 32.2. The number of carbonyl (C=O) groups is 2. The molecule has 1 aromatic rings. The van der Waals surface area contributed by atoms with Gasteiger partial charge >= 0.3 is 0 Å². The Morgan fingerprint density at radius 1 is 1.29 bits per heavy atom. The Hall–Kier alpha value is -1.69. The monoisotopic (exact) mass is 310 g/mol. The summed E-state index contributed by atoms with van der Waals surface area (Å²) in [6.45, 7) is 3.99. The number of aromatic hydroxyl groups is 1. The number of hydrogen-bond acceptors (Lipinski definition) is 4.